The first kappa shape index (κ1) is 27.7. The molecule has 0 aliphatic heterocycles. The van der Waals surface area contributed by atoms with E-state index in [2.05, 4.69) is 0 Å². The second-order valence-corrected chi connectivity index (χ2v) is 15.6. The minimum atomic E-state index is -3.07. The molecule has 204 valence electrons. The molecule has 6 rings (SSSR count). The van der Waals surface area contributed by atoms with Gasteiger partial charge in [-0.3, -0.25) is 0 Å². The summed E-state index contributed by atoms with van der Waals surface area (Å²) < 4.78 is 29.6. The standard InChI is InChI=1S/C38H30O2P2/c39-41(33-17-5-1-6-18-33,34-19-7-2-8-20-34)37-25-13-15-31(29-37)27-28-32-16-14-26-38(30-32)42(40,35-21-9-3-10-22-35)36-23-11-4-12-24-36/h1-30H/b28-27-. The highest BCUT2D eigenvalue weighted by Gasteiger charge is 2.30. The highest BCUT2D eigenvalue weighted by Crippen LogP contribution is 2.43. The van der Waals surface area contributed by atoms with Gasteiger partial charge in [0.25, 0.3) is 0 Å². The van der Waals surface area contributed by atoms with Crippen molar-refractivity contribution in [3.05, 3.63) is 181 Å². The molecule has 0 aliphatic carbocycles. The van der Waals surface area contributed by atoms with E-state index in [0.29, 0.717) is 0 Å². The van der Waals surface area contributed by atoms with E-state index in [1.54, 1.807) is 0 Å². The maximum atomic E-state index is 14.8. The summed E-state index contributed by atoms with van der Waals surface area (Å²) in [5.74, 6) is 0. The van der Waals surface area contributed by atoms with Gasteiger partial charge in [0, 0.05) is 31.8 Å². The van der Waals surface area contributed by atoms with Crippen molar-refractivity contribution in [3.8, 4) is 0 Å². The fraction of sp³-hybridized carbons (Fsp3) is 0. The predicted octanol–water partition coefficient (Wildman–Crippen LogP) is 7.14. The van der Waals surface area contributed by atoms with Crippen molar-refractivity contribution < 1.29 is 9.13 Å². The molecule has 0 spiro atoms. The smallest absolute Gasteiger partial charge is 0.171 e. The van der Waals surface area contributed by atoms with E-state index < -0.39 is 14.3 Å². The Morgan fingerprint density at radius 2 is 0.571 bits per heavy atom. The Labute approximate surface area is 247 Å². The molecule has 0 fully saturated rings. The van der Waals surface area contributed by atoms with Gasteiger partial charge in [0.1, 0.15) is 0 Å². The Bertz CT molecular complexity index is 1690. The third-order valence-corrected chi connectivity index (χ3v) is 13.5. The third kappa shape index (κ3) is 5.40. The van der Waals surface area contributed by atoms with Crippen molar-refractivity contribution in [1.82, 2.24) is 0 Å². The van der Waals surface area contributed by atoms with Gasteiger partial charge >= 0.3 is 0 Å². The molecule has 0 aromatic heterocycles. The van der Waals surface area contributed by atoms with Crippen LogP contribution in [0.1, 0.15) is 11.1 Å². The molecular formula is C38H30O2P2. The van der Waals surface area contributed by atoms with Crippen LogP contribution in [0.4, 0.5) is 0 Å². The zero-order valence-electron chi connectivity index (χ0n) is 23.0. The van der Waals surface area contributed by atoms with Crippen LogP contribution in [-0.4, -0.2) is 0 Å². The van der Waals surface area contributed by atoms with Crippen molar-refractivity contribution in [2.24, 2.45) is 0 Å². The van der Waals surface area contributed by atoms with Crippen LogP contribution >= 0.6 is 14.3 Å². The fourth-order valence-electron chi connectivity index (χ4n) is 5.29. The minimum Gasteiger partial charge on any atom is -0.309 e. The van der Waals surface area contributed by atoms with E-state index >= 15 is 0 Å². The van der Waals surface area contributed by atoms with Gasteiger partial charge in [0.15, 0.2) is 14.3 Å². The summed E-state index contributed by atoms with van der Waals surface area (Å²) in [6, 6.07) is 54.7. The van der Waals surface area contributed by atoms with Gasteiger partial charge in [-0.15, -0.1) is 0 Å². The second-order valence-electron chi connectivity index (χ2n) is 10.1. The summed E-state index contributed by atoms with van der Waals surface area (Å²) in [7, 11) is -6.14. The maximum absolute atomic E-state index is 14.8. The van der Waals surface area contributed by atoms with Gasteiger partial charge in [-0.2, -0.15) is 0 Å². The maximum Gasteiger partial charge on any atom is 0.171 e. The molecule has 0 heterocycles. The quantitative estimate of drug-likeness (QED) is 0.142. The zero-order chi connectivity index (χ0) is 28.8. The third-order valence-electron chi connectivity index (χ3n) is 7.42. The van der Waals surface area contributed by atoms with Gasteiger partial charge in [-0.05, 0) is 23.3 Å². The van der Waals surface area contributed by atoms with E-state index in [-0.39, 0.29) is 0 Å². The minimum absolute atomic E-state index is 0.786. The van der Waals surface area contributed by atoms with Crippen molar-refractivity contribution in [2.75, 3.05) is 0 Å². The average Bonchev–Trinajstić information content (AvgIpc) is 3.08. The van der Waals surface area contributed by atoms with Crippen LogP contribution in [0.3, 0.4) is 0 Å². The molecule has 6 aromatic rings. The number of rotatable bonds is 8. The topological polar surface area (TPSA) is 34.1 Å². The normalized spacial score (nSPS) is 11.9. The van der Waals surface area contributed by atoms with E-state index in [1.165, 1.54) is 0 Å². The molecule has 6 aromatic carbocycles. The lowest BCUT2D eigenvalue weighted by Gasteiger charge is -2.20. The van der Waals surface area contributed by atoms with E-state index in [0.717, 1.165) is 43.0 Å². The molecule has 0 saturated heterocycles. The molecular weight excluding hydrogens is 550 g/mol. The molecule has 0 atom stereocenters. The van der Waals surface area contributed by atoms with Crippen LogP contribution in [0, 0.1) is 0 Å². The van der Waals surface area contributed by atoms with Gasteiger partial charge in [0.2, 0.25) is 0 Å². The van der Waals surface area contributed by atoms with E-state index in [9.17, 15) is 9.13 Å². The Morgan fingerprint density at radius 1 is 0.310 bits per heavy atom. The zero-order valence-corrected chi connectivity index (χ0v) is 24.8. The van der Waals surface area contributed by atoms with Gasteiger partial charge in [-0.1, -0.05) is 170 Å². The molecule has 0 saturated carbocycles. The van der Waals surface area contributed by atoms with Crippen molar-refractivity contribution >= 4 is 58.3 Å². The average molecular weight is 581 g/mol. The molecule has 4 heteroatoms. The Hall–Kier alpha value is -4.48. The van der Waals surface area contributed by atoms with Gasteiger partial charge in [-0.25, -0.2) is 0 Å². The van der Waals surface area contributed by atoms with Crippen LogP contribution in [0.5, 0.6) is 0 Å². The predicted molar refractivity (Wildman–Crippen MR) is 181 cm³/mol. The molecule has 0 amide bonds. The van der Waals surface area contributed by atoms with E-state index in [4.69, 9.17) is 0 Å². The van der Waals surface area contributed by atoms with Gasteiger partial charge in [0.05, 0.1) is 0 Å². The highest BCUT2D eigenvalue weighted by molar-refractivity contribution is 7.85. The largest absolute Gasteiger partial charge is 0.309 e. The molecule has 0 aliphatic rings. The van der Waals surface area contributed by atoms with Crippen LogP contribution < -0.4 is 31.8 Å². The Kier molecular flexibility index (Phi) is 8.02. The first-order valence-corrected chi connectivity index (χ1v) is 17.3. The SMILES string of the molecule is O=P(c1ccccc1)(c1ccccc1)c1cccc(/C=C\c2cccc(P(=O)(c3ccccc3)c3ccccc3)c2)c1. The van der Waals surface area contributed by atoms with Crippen LogP contribution in [-0.2, 0) is 9.13 Å². The summed E-state index contributed by atoms with van der Waals surface area (Å²) in [5, 5.41) is 4.80. The number of benzene rings is 6. The van der Waals surface area contributed by atoms with Crippen molar-refractivity contribution in [3.63, 3.8) is 0 Å². The molecule has 0 radical (unpaired) electrons. The summed E-state index contributed by atoms with van der Waals surface area (Å²) in [6.45, 7) is 0. The number of hydrogen-bond acceptors (Lipinski definition) is 2. The van der Waals surface area contributed by atoms with Crippen LogP contribution in [0.15, 0.2) is 170 Å². The summed E-state index contributed by atoms with van der Waals surface area (Å²) in [5.41, 5.74) is 1.89. The first-order valence-electron chi connectivity index (χ1n) is 13.9. The molecule has 0 N–H and O–H groups in total. The Morgan fingerprint density at radius 3 is 0.857 bits per heavy atom. The fourth-order valence-corrected chi connectivity index (χ4v) is 10.7. The van der Waals surface area contributed by atoms with Gasteiger partial charge < -0.3 is 9.13 Å². The summed E-state index contributed by atoms with van der Waals surface area (Å²) >= 11 is 0. The van der Waals surface area contributed by atoms with Crippen molar-refractivity contribution in [1.29, 1.82) is 0 Å². The lowest BCUT2D eigenvalue weighted by molar-refractivity contribution is 0.591. The van der Waals surface area contributed by atoms with Crippen LogP contribution in [0.25, 0.3) is 12.2 Å². The molecule has 0 unspecified atom stereocenters. The monoisotopic (exact) mass is 580 g/mol. The molecule has 0 bridgehead atoms. The van der Waals surface area contributed by atoms with Crippen molar-refractivity contribution in [2.45, 2.75) is 0 Å². The Balaban J connectivity index is 1.38. The summed E-state index contributed by atoms with van der Waals surface area (Å²) in [6.07, 6.45) is 4.05. The van der Waals surface area contributed by atoms with E-state index in [1.807, 2.05) is 182 Å². The molecule has 42 heavy (non-hydrogen) atoms. The van der Waals surface area contributed by atoms with Crippen LogP contribution in [0.2, 0.25) is 0 Å². The summed E-state index contributed by atoms with van der Waals surface area (Å²) in [4.78, 5) is 0. The lowest BCUT2D eigenvalue weighted by atomic mass is 10.1. The molecule has 2 nitrogen and oxygen atoms in total. The lowest BCUT2D eigenvalue weighted by Crippen LogP contribution is -2.25. The first-order chi connectivity index (χ1) is 20.6. The second kappa shape index (κ2) is 12.2. The highest BCUT2D eigenvalue weighted by atomic mass is 31.2. The number of hydrogen-bond donors (Lipinski definition) is 0.